The molecule has 0 radical (unpaired) electrons. The van der Waals surface area contributed by atoms with E-state index in [9.17, 15) is 4.79 Å². The van der Waals surface area contributed by atoms with Crippen molar-refractivity contribution in [2.45, 2.75) is 31.7 Å². The smallest absolute Gasteiger partial charge is 0.289 e. The second kappa shape index (κ2) is 7.07. The summed E-state index contributed by atoms with van der Waals surface area (Å²) < 4.78 is 2.06. The first-order chi connectivity index (χ1) is 13.8. The van der Waals surface area contributed by atoms with Crippen LogP contribution in [0.4, 0.5) is 5.82 Å². The number of aromatic nitrogens is 4. The van der Waals surface area contributed by atoms with Crippen LogP contribution >= 0.6 is 0 Å². The van der Waals surface area contributed by atoms with E-state index < -0.39 is 0 Å². The summed E-state index contributed by atoms with van der Waals surface area (Å²) in [6.45, 7) is 1.59. The number of carbonyl (C=O) groups excluding carboxylic acids is 1. The minimum Gasteiger partial charge on any atom is -0.353 e. The molecule has 2 aliphatic rings. The predicted octanol–water partition coefficient (Wildman–Crippen LogP) is 2.70. The Hall–Kier alpha value is -3.22. The molecule has 1 saturated heterocycles. The number of nitrogens with one attached hydrogen (secondary N) is 1. The zero-order chi connectivity index (χ0) is 18.9. The van der Waals surface area contributed by atoms with E-state index in [1.54, 1.807) is 12.4 Å². The maximum Gasteiger partial charge on any atom is 0.289 e. The molecule has 4 heterocycles. The van der Waals surface area contributed by atoms with Gasteiger partial charge in [0.25, 0.3) is 5.91 Å². The highest BCUT2D eigenvalue weighted by atomic mass is 16.2. The van der Waals surface area contributed by atoms with Gasteiger partial charge in [0, 0.05) is 55.7 Å². The molecule has 1 unspecified atom stereocenters. The first-order valence-corrected chi connectivity index (χ1v) is 9.77. The van der Waals surface area contributed by atoms with Crippen LogP contribution in [0.25, 0.3) is 11.1 Å². The summed E-state index contributed by atoms with van der Waals surface area (Å²) >= 11 is 0. The Balaban J connectivity index is 1.24. The summed E-state index contributed by atoms with van der Waals surface area (Å²) in [4.78, 5) is 27.9. The van der Waals surface area contributed by atoms with Gasteiger partial charge in [-0.1, -0.05) is 6.08 Å². The molecule has 0 bridgehead atoms. The maximum atomic E-state index is 12.6. The number of amides is 1. The van der Waals surface area contributed by atoms with Gasteiger partial charge in [-0.2, -0.15) is 0 Å². The zero-order valence-electron chi connectivity index (χ0n) is 15.6. The molecule has 1 N–H and O–H groups in total. The molecule has 1 atom stereocenters. The number of allylic oxidation sites excluding steroid dienone is 2. The van der Waals surface area contributed by atoms with Gasteiger partial charge >= 0.3 is 0 Å². The van der Waals surface area contributed by atoms with Gasteiger partial charge in [0.15, 0.2) is 5.82 Å². The van der Waals surface area contributed by atoms with Crippen molar-refractivity contribution >= 4 is 22.8 Å². The van der Waals surface area contributed by atoms with Crippen LogP contribution in [0.2, 0.25) is 0 Å². The van der Waals surface area contributed by atoms with E-state index in [-0.39, 0.29) is 17.8 Å². The average molecular weight is 374 g/mol. The van der Waals surface area contributed by atoms with Crippen molar-refractivity contribution in [2.24, 2.45) is 0 Å². The summed E-state index contributed by atoms with van der Waals surface area (Å²) in [6, 6.07) is 4.13. The van der Waals surface area contributed by atoms with Gasteiger partial charge < -0.3 is 14.6 Å². The second-order valence-electron chi connectivity index (χ2n) is 7.37. The Bertz CT molecular complexity index is 1040. The van der Waals surface area contributed by atoms with E-state index in [0.717, 1.165) is 49.2 Å². The first kappa shape index (κ1) is 16.9. The quantitative estimate of drug-likeness (QED) is 0.760. The zero-order valence-corrected chi connectivity index (χ0v) is 15.6. The molecule has 7 heteroatoms. The third-order valence-electron chi connectivity index (χ3n) is 5.52. The summed E-state index contributed by atoms with van der Waals surface area (Å²) in [6.07, 6.45) is 15.7. The molecule has 3 aromatic heterocycles. The van der Waals surface area contributed by atoms with E-state index in [1.165, 1.54) is 12.0 Å². The van der Waals surface area contributed by atoms with E-state index >= 15 is 0 Å². The van der Waals surface area contributed by atoms with E-state index in [2.05, 4.69) is 41.7 Å². The van der Waals surface area contributed by atoms with Crippen LogP contribution in [0.3, 0.4) is 0 Å². The highest BCUT2D eigenvalue weighted by Gasteiger charge is 2.27. The summed E-state index contributed by atoms with van der Waals surface area (Å²) in [5, 5.41) is 3.07. The SMILES string of the molecule is O=C(NC1CCN(c2nccn3cccc23)C1)c1ncc(C2=CCCC2)cn1. The van der Waals surface area contributed by atoms with E-state index in [4.69, 9.17) is 0 Å². The first-order valence-electron chi connectivity index (χ1n) is 9.77. The number of rotatable bonds is 4. The maximum absolute atomic E-state index is 12.6. The monoisotopic (exact) mass is 374 g/mol. The van der Waals surface area contributed by atoms with Crippen molar-refractivity contribution in [3.05, 3.63) is 60.6 Å². The standard InChI is InChI=1S/C21H22N6O/c28-21(19-23-12-16(13-24-19)15-4-1-2-5-15)25-17-7-10-27(14-17)20-18-6-3-9-26(18)11-8-22-20/h3-4,6,8-9,11-13,17H,1-2,5,7,10,14H2,(H,25,28). The van der Waals surface area contributed by atoms with Crippen molar-refractivity contribution in [1.82, 2.24) is 24.7 Å². The van der Waals surface area contributed by atoms with Crippen molar-refractivity contribution in [3.63, 3.8) is 0 Å². The van der Waals surface area contributed by atoms with Gasteiger partial charge in [-0.15, -0.1) is 0 Å². The van der Waals surface area contributed by atoms with Crippen LogP contribution in [0.15, 0.2) is 49.2 Å². The fourth-order valence-electron chi connectivity index (χ4n) is 4.06. The molecule has 1 fully saturated rings. The van der Waals surface area contributed by atoms with Gasteiger partial charge in [-0.3, -0.25) is 4.79 Å². The number of anilines is 1. The van der Waals surface area contributed by atoms with Gasteiger partial charge in [-0.05, 0) is 43.4 Å². The lowest BCUT2D eigenvalue weighted by atomic mass is 10.1. The van der Waals surface area contributed by atoms with Crippen molar-refractivity contribution in [2.75, 3.05) is 18.0 Å². The van der Waals surface area contributed by atoms with Crippen molar-refractivity contribution in [1.29, 1.82) is 0 Å². The van der Waals surface area contributed by atoms with Gasteiger partial charge in [0.2, 0.25) is 5.82 Å². The Morgan fingerprint density at radius 1 is 1.18 bits per heavy atom. The highest BCUT2D eigenvalue weighted by Crippen LogP contribution is 2.26. The van der Waals surface area contributed by atoms with Crippen molar-refractivity contribution in [3.8, 4) is 0 Å². The van der Waals surface area contributed by atoms with Crippen LogP contribution in [0.1, 0.15) is 41.9 Å². The molecule has 0 spiro atoms. The molecule has 7 nitrogen and oxygen atoms in total. The van der Waals surface area contributed by atoms with Gasteiger partial charge in [0.1, 0.15) is 0 Å². The third-order valence-corrected chi connectivity index (χ3v) is 5.52. The summed E-state index contributed by atoms with van der Waals surface area (Å²) in [5.41, 5.74) is 3.38. The summed E-state index contributed by atoms with van der Waals surface area (Å²) in [5.74, 6) is 0.968. The fraction of sp³-hybridized carbons (Fsp3) is 0.333. The number of hydrogen-bond acceptors (Lipinski definition) is 5. The topological polar surface area (TPSA) is 75.4 Å². The van der Waals surface area contributed by atoms with Crippen LogP contribution in [0.5, 0.6) is 0 Å². The number of fused-ring (bicyclic) bond motifs is 1. The van der Waals surface area contributed by atoms with Crippen LogP contribution < -0.4 is 10.2 Å². The number of carbonyl (C=O) groups is 1. The lowest BCUT2D eigenvalue weighted by Crippen LogP contribution is -2.38. The minimum absolute atomic E-state index is 0.0605. The molecule has 0 aromatic carbocycles. The van der Waals surface area contributed by atoms with Crippen LogP contribution in [-0.4, -0.2) is 44.4 Å². The lowest BCUT2D eigenvalue weighted by Gasteiger charge is -2.19. The normalized spacial score (nSPS) is 19.2. The van der Waals surface area contributed by atoms with Gasteiger partial charge in [0.05, 0.1) is 5.52 Å². The molecule has 3 aromatic rings. The Labute approximate surface area is 163 Å². The van der Waals surface area contributed by atoms with Crippen molar-refractivity contribution < 1.29 is 4.79 Å². The Morgan fingerprint density at radius 3 is 2.89 bits per heavy atom. The van der Waals surface area contributed by atoms with E-state index in [1.807, 2.05) is 24.7 Å². The molecule has 1 amide bonds. The molecule has 28 heavy (non-hydrogen) atoms. The molecule has 5 rings (SSSR count). The Morgan fingerprint density at radius 2 is 2.07 bits per heavy atom. The molecular formula is C21H22N6O. The van der Waals surface area contributed by atoms with Crippen LogP contribution in [0, 0.1) is 0 Å². The molecule has 1 aliphatic heterocycles. The Kier molecular flexibility index (Phi) is 4.27. The molecule has 142 valence electrons. The van der Waals surface area contributed by atoms with E-state index in [0.29, 0.717) is 0 Å². The lowest BCUT2D eigenvalue weighted by molar-refractivity contribution is 0.0930. The highest BCUT2D eigenvalue weighted by molar-refractivity contribution is 5.90. The number of nitrogens with zero attached hydrogens (tertiary/aromatic N) is 5. The largest absolute Gasteiger partial charge is 0.353 e. The predicted molar refractivity (Wildman–Crippen MR) is 107 cm³/mol. The van der Waals surface area contributed by atoms with Crippen LogP contribution in [-0.2, 0) is 0 Å². The number of hydrogen-bond donors (Lipinski definition) is 1. The third kappa shape index (κ3) is 3.13. The molecular weight excluding hydrogens is 352 g/mol. The average Bonchev–Trinajstić information content (AvgIpc) is 3.48. The molecule has 0 saturated carbocycles. The molecule has 1 aliphatic carbocycles. The van der Waals surface area contributed by atoms with Gasteiger partial charge in [-0.25, -0.2) is 15.0 Å². The second-order valence-corrected chi connectivity index (χ2v) is 7.37. The fourth-order valence-corrected chi connectivity index (χ4v) is 4.06. The summed E-state index contributed by atoms with van der Waals surface area (Å²) in [7, 11) is 0. The minimum atomic E-state index is -0.215.